The Balaban J connectivity index is 2.33. The van der Waals surface area contributed by atoms with Gasteiger partial charge in [-0.1, -0.05) is 30.3 Å². The quantitative estimate of drug-likeness (QED) is 0.822. The highest BCUT2D eigenvalue weighted by atomic mass is 16.5. The van der Waals surface area contributed by atoms with Crippen molar-refractivity contribution in [1.29, 1.82) is 0 Å². The van der Waals surface area contributed by atoms with Crippen LogP contribution in [0, 0.1) is 0 Å². The van der Waals surface area contributed by atoms with Crippen LogP contribution in [0.15, 0.2) is 54.6 Å². The Morgan fingerprint density at radius 2 is 1.59 bits per heavy atom. The molecule has 0 unspecified atom stereocenters. The van der Waals surface area contributed by atoms with Gasteiger partial charge in [0.25, 0.3) is 5.91 Å². The number of hydrogen-bond donors (Lipinski definition) is 0. The first-order valence-electron chi connectivity index (χ1n) is 7.28. The number of hydrogen-bond acceptors (Lipinski definition) is 3. The van der Waals surface area contributed by atoms with Crippen molar-refractivity contribution in [1.82, 2.24) is 4.90 Å². The summed E-state index contributed by atoms with van der Waals surface area (Å²) >= 11 is 0. The molecular formula is C18H22N2O2. The second-order valence-electron chi connectivity index (χ2n) is 5.30. The summed E-state index contributed by atoms with van der Waals surface area (Å²) in [6, 6.07) is 17.0. The number of methoxy groups -OCH3 is 1. The molecule has 0 fully saturated rings. The lowest BCUT2D eigenvalue weighted by molar-refractivity contribution is 0.0982. The number of rotatable bonds is 6. The van der Waals surface area contributed by atoms with E-state index in [1.54, 1.807) is 18.1 Å². The van der Waals surface area contributed by atoms with E-state index < -0.39 is 0 Å². The largest absolute Gasteiger partial charge is 0.496 e. The van der Waals surface area contributed by atoms with Crippen LogP contribution in [0.25, 0.3) is 0 Å². The normalized spacial score (nSPS) is 10.5. The van der Waals surface area contributed by atoms with Gasteiger partial charge in [0.2, 0.25) is 0 Å². The van der Waals surface area contributed by atoms with E-state index in [4.69, 9.17) is 4.74 Å². The average molecular weight is 298 g/mol. The molecule has 0 aromatic heterocycles. The molecule has 22 heavy (non-hydrogen) atoms. The standard InChI is InChI=1S/C18H22N2O2/c1-19(2)13-14-20(15-9-5-4-6-10-15)18(21)16-11-7-8-12-17(16)22-3/h4-12H,13-14H2,1-3H3. The summed E-state index contributed by atoms with van der Waals surface area (Å²) in [5, 5.41) is 0. The molecule has 0 aliphatic heterocycles. The van der Waals surface area contributed by atoms with Gasteiger partial charge >= 0.3 is 0 Å². The monoisotopic (exact) mass is 298 g/mol. The molecule has 116 valence electrons. The van der Waals surface area contributed by atoms with Gasteiger partial charge in [0.1, 0.15) is 5.75 Å². The van der Waals surface area contributed by atoms with E-state index >= 15 is 0 Å². The van der Waals surface area contributed by atoms with Crippen LogP contribution in [0.2, 0.25) is 0 Å². The molecular weight excluding hydrogens is 276 g/mol. The lowest BCUT2D eigenvalue weighted by Gasteiger charge is -2.25. The van der Waals surface area contributed by atoms with E-state index in [-0.39, 0.29) is 5.91 Å². The maximum atomic E-state index is 13.0. The van der Waals surface area contributed by atoms with Crippen molar-refractivity contribution in [3.05, 3.63) is 60.2 Å². The number of ether oxygens (including phenoxy) is 1. The number of carbonyl (C=O) groups excluding carboxylic acids is 1. The minimum absolute atomic E-state index is 0.0505. The topological polar surface area (TPSA) is 32.8 Å². The Kier molecular flexibility index (Phi) is 5.55. The van der Waals surface area contributed by atoms with Gasteiger partial charge < -0.3 is 14.5 Å². The third-order valence-electron chi connectivity index (χ3n) is 3.42. The van der Waals surface area contributed by atoms with Crippen LogP contribution in [0.4, 0.5) is 5.69 Å². The second-order valence-corrected chi connectivity index (χ2v) is 5.30. The number of nitrogens with zero attached hydrogens (tertiary/aromatic N) is 2. The molecule has 1 amide bonds. The van der Waals surface area contributed by atoms with E-state index in [1.165, 1.54) is 0 Å². The fourth-order valence-electron chi connectivity index (χ4n) is 2.22. The Hall–Kier alpha value is -2.33. The predicted molar refractivity (Wildman–Crippen MR) is 89.7 cm³/mol. The van der Waals surface area contributed by atoms with Crippen LogP contribution >= 0.6 is 0 Å². The molecule has 4 heteroatoms. The van der Waals surface area contributed by atoms with Crippen LogP contribution < -0.4 is 9.64 Å². The Morgan fingerprint density at radius 3 is 2.23 bits per heavy atom. The molecule has 0 aliphatic carbocycles. The van der Waals surface area contributed by atoms with Gasteiger partial charge in [0.15, 0.2) is 0 Å². The van der Waals surface area contributed by atoms with E-state index in [2.05, 4.69) is 4.90 Å². The fraction of sp³-hybridized carbons (Fsp3) is 0.278. The van der Waals surface area contributed by atoms with E-state index in [9.17, 15) is 4.79 Å². The van der Waals surface area contributed by atoms with Crippen molar-refractivity contribution >= 4 is 11.6 Å². The molecule has 0 heterocycles. The van der Waals surface area contributed by atoms with Gasteiger partial charge in [-0.3, -0.25) is 4.79 Å². The zero-order valence-electron chi connectivity index (χ0n) is 13.3. The van der Waals surface area contributed by atoms with Gasteiger partial charge in [-0.25, -0.2) is 0 Å². The first-order valence-corrected chi connectivity index (χ1v) is 7.28. The number of carbonyl (C=O) groups is 1. The lowest BCUT2D eigenvalue weighted by Crippen LogP contribution is -2.37. The molecule has 2 aromatic carbocycles. The van der Waals surface area contributed by atoms with Crippen molar-refractivity contribution in [2.75, 3.05) is 39.2 Å². The molecule has 0 aliphatic rings. The summed E-state index contributed by atoms with van der Waals surface area (Å²) in [7, 11) is 5.58. The summed E-state index contributed by atoms with van der Waals surface area (Å²) in [6.07, 6.45) is 0. The van der Waals surface area contributed by atoms with Gasteiger partial charge in [-0.2, -0.15) is 0 Å². The Labute approximate surface area is 131 Å². The maximum Gasteiger partial charge on any atom is 0.262 e. The molecule has 0 saturated heterocycles. The highest BCUT2D eigenvalue weighted by molar-refractivity contribution is 6.07. The Bertz CT molecular complexity index is 611. The Morgan fingerprint density at radius 1 is 0.955 bits per heavy atom. The molecule has 0 bridgehead atoms. The fourth-order valence-corrected chi connectivity index (χ4v) is 2.22. The van der Waals surface area contributed by atoms with Crippen LogP contribution in [-0.2, 0) is 0 Å². The van der Waals surface area contributed by atoms with E-state index in [0.717, 1.165) is 12.2 Å². The highest BCUT2D eigenvalue weighted by Crippen LogP contribution is 2.23. The van der Waals surface area contributed by atoms with Crippen molar-refractivity contribution < 1.29 is 9.53 Å². The third kappa shape index (κ3) is 3.86. The van der Waals surface area contributed by atoms with E-state index in [1.807, 2.05) is 62.6 Å². The van der Waals surface area contributed by atoms with Crippen molar-refractivity contribution in [2.24, 2.45) is 0 Å². The first-order chi connectivity index (χ1) is 10.6. The average Bonchev–Trinajstić information content (AvgIpc) is 2.55. The van der Waals surface area contributed by atoms with Crippen molar-refractivity contribution in [3.8, 4) is 5.75 Å². The van der Waals surface area contributed by atoms with E-state index in [0.29, 0.717) is 17.9 Å². The smallest absolute Gasteiger partial charge is 0.262 e. The minimum atomic E-state index is -0.0505. The van der Waals surface area contributed by atoms with Gasteiger partial charge in [-0.15, -0.1) is 0 Å². The molecule has 2 aromatic rings. The SMILES string of the molecule is COc1ccccc1C(=O)N(CCN(C)C)c1ccccc1. The van der Waals surface area contributed by atoms with Gasteiger partial charge in [0, 0.05) is 18.8 Å². The van der Waals surface area contributed by atoms with Gasteiger partial charge in [-0.05, 0) is 38.4 Å². The van der Waals surface area contributed by atoms with Crippen LogP contribution in [-0.4, -0.2) is 45.1 Å². The summed E-state index contributed by atoms with van der Waals surface area (Å²) < 4.78 is 5.32. The lowest BCUT2D eigenvalue weighted by atomic mass is 10.1. The first kappa shape index (κ1) is 16.0. The summed E-state index contributed by atoms with van der Waals surface area (Å²) in [6.45, 7) is 1.41. The van der Waals surface area contributed by atoms with Crippen LogP contribution in [0.1, 0.15) is 10.4 Å². The summed E-state index contributed by atoms with van der Waals surface area (Å²) in [5.41, 5.74) is 1.47. The molecule has 2 rings (SSSR count). The number of amides is 1. The third-order valence-corrected chi connectivity index (χ3v) is 3.42. The maximum absolute atomic E-state index is 13.0. The zero-order chi connectivity index (χ0) is 15.9. The molecule has 0 atom stereocenters. The molecule has 0 spiro atoms. The molecule has 0 N–H and O–H groups in total. The number of anilines is 1. The molecule has 0 saturated carbocycles. The van der Waals surface area contributed by atoms with Crippen LogP contribution in [0.3, 0.4) is 0 Å². The number of likely N-dealkylation sites (N-methyl/N-ethyl adjacent to an activating group) is 1. The molecule has 4 nitrogen and oxygen atoms in total. The number of para-hydroxylation sites is 2. The van der Waals surface area contributed by atoms with Crippen molar-refractivity contribution in [3.63, 3.8) is 0 Å². The number of benzene rings is 2. The predicted octanol–water partition coefficient (Wildman–Crippen LogP) is 2.90. The zero-order valence-corrected chi connectivity index (χ0v) is 13.3. The van der Waals surface area contributed by atoms with Crippen molar-refractivity contribution in [2.45, 2.75) is 0 Å². The van der Waals surface area contributed by atoms with Gasteiger partial charge in [0.05, 0.1) is 12.7 Å². The highest BCUT2D eigenvalue weighted by Gasteiger charge is 2.20. The minimum Gasteiger partial charge on any atom is -0.496 e. The summed E-state index contributed by atoms with van der Waals surface area (Å²) in [5.74, 6) is 0.545. The molecule has 0 radical (unpaired) electrons. The second kappa shape index (κ2) is 7.61. The van der Waals surface area contributed by atoms with Crippen LogP contribution in [0.5, 0.6) is 5.75 Å². The summed E-state index contributed by atoms with van der Waals surface area (Å²) in [4.78, 5) is 16.8.